The van der Waals surface area contributed by atoms with Gasteiger partial charge >= 0.3 is 5.97 Å². The Morgan fingerprint density at radius 2 is 2.04 bits per heavy atom. The first-order valence-corrected chi connectivity index (χ1v) is 10.0. The molecule has 3 rings (SSSR count). The second-order valence-electron chi connectivity index (χ2n) is 5.52. The van der Waals surface area contributed by atoms with E-state index < -0.39 is 15.8 Å². The second-order valence-corrected chi connectivity index (χ2v) is 7.88. The van der Waals surface area contributed by atoms with Gasteiger partial charge in [-0.1, -0.05) is 11.6 Å². The Bertz CT molecular complexity index is 1080. The normalized spacial score (nSPS) is 11.5. The van der Waals surface area contributed by atoms with Crippen molar-refractivity contribution in [2.45, 2.75) is 24.9 Å². The molecule has 2 heterocycles. The third-order valence-corrected chi connectivity index (χ3v) is 5.30. The molecule has 1 aromatic carbocycles. The van der Waals surface area contributed by atoms with Crippen molar-refractivity contribution < 1.29 is 17.9 Å². The van der Waals surface area contributed by atoms with Crippen LogP contribution in [0.4, 0.5) is 0 Å². The van der Waals surface area contributed by atoms with Crippen molar-refractivity contribution in [3.05, 3.63) is 46.9 Å². The Morgan fingerprint density at radius 3 is 2.67 bits per heavy atom. The molecule has 0 atom stereocenters. The number of aryl methyl sites for hydroxylation is 1. The van der Waals surface area contributed by atoms with Gasteiger partial charge in [0, 0.05) is 24.4 Å². The lowest BCUT2D eigenvalue weighted by Gasteiger charge is -2.13. The molecule has 0 saturated carbocycles. The predicted octanol–water partition coefficient (Wildman–Crippen LogP) is 1.21. The summed E-state index contributed by atoms with van der Waals surface area (Å²) in [4.78, 5) is 13.7. The van der Waals surface area contributed by atoms with Crippen molar-refractivity contribution >= 4 is 27.4 Å². The van der Waals surface area contributed by atoms with Gasteiger partial charge in [0.2, 0.25) is 5.88 Å². The lowest BCUT2D eigenvalue weighted by atomic mass is 10.1. The summed E-state index contributed by atoms with van der Waals surface area (Å²) in [6.45, 7) is 2.29. The van der Waals surface area contributed by atoms with E-state index >= 15 is 0 Å². The number of sulfone groups is 1. The van der Waals surface area contributed by atoms with Crippen LogP contribution in [0.2, 0.25) is 5.02 Å². The first-order valence-electron chi connectivity index (χ1n) is 7.77. The average molecular weight is 411 g/mol. The number of hydrogen-bond donors (Lipinski definition) is 0. The number of rotatable bonds is 6. The van der Waals surface area contributed by atoms with Gasteiger partial charge in [0.1, 0.15) is 0 Å². The Kier molecular flexibility index (Phi) is 5.24. The van der Waals surface area contributed by atoms with Gasteiger partial charge in [-0.2, -0.15) is 9.90 Å². The molecule has 10 nitrogen and oxygen atoms in total. The fourth-order valence-corrected chi connectivity index (χ4v) is 3.74. The maximum Gasteiger partial charge on any atom is 0.346 e. The van der Waals surface area contributed by atoms with Crippen molar-refractivity contribution in [1.29, 1.82) is 0 Å². The van der Waals surface area contributed by atoms with Crippen LogP contribution in [0.3, 0.4) is 0 Å². The van der Waals surface area contributed by atoms with E-state index in [1.54, 1.807) is 6.07 Å². The summed E-state index contributed by atoms with van der Waals surface area (Å²) >= 11 is 6.37. The molecule has 0 aliphatic rings. The van der Waals surface area contributed by atoms with Crippen LogP contribution in [-0.4, -0.2) is 50.6 Å². The fourth-order valence-electron chi connectivity index (χ4n) is 2.45. The smallest absolute Gasteiger partial charge is 0.346 e. The minimum absolute atomic E-state index is 0.0167. The number of nitrogens with zero attached hydrogens (tertiary/aromatic N) is 6. The number of halogens is 1. The fraction of sp³-hybridized carbons (Fsp3) is 0.267. The highest BCUT2D eigenvalue weighted by molar-refractivity contribution is 7.90. The van der Waals surface area contributed by atoms with E-state index in [1.165, 1.54) is 29.3 Å². The van der Waals surface area contributed by atoms with Crippen LogP contribution in [0.1, 0.15) is 22.8 Å². The zero-order valence-electron chi connectivity index (χ0n) is 14.4. The van der Waals surface area contributed by atoms with E-state index in [0.29, 0.717) is 6.54 Å². The van der Waals surface area contributed by atoms with Crippen LogP contribution >= 0.6 is 11.6 Å². The highest BCUT2D eigenvalue weighted by Gasteiger charge is 2.24. The molecule has 142 valence electrons. The van der Waals surface area contributed by atoms with Gasteiger partial charge in [0.15, 0.2) is 16.2 Å². The number of esters is 1. The molecule has 2 aromatic heterocycles. The van der Waals surface area contributed by atoms with Gasteiger partial charge < -0.3 is 4.74 Å². The zero-order valence-corrected chi connectivity index (χ0v) is 16.0. The number of carbonyl (C=O) groups excluding carboxylic acids is 1. The topological polar surface area (TPSA) is 122 Å². The molecule has 0 aliphatic carbocycles. The van der Waals surface area contributed by atoms with Crippen LogP contribution < -0.4 is 4.74 Å². The maximum atomic E-state index is 12.6. The quantitative estimate of drug-likeness (QED) is 0.556. The summed E-state index contributed by atoms with van der Waals surface area (Å²) in [5.41, 5.74) is 0.193. The number of ether oxygens (including phenoxy) is 1. The van der Waals surface area contributed by atoms with E-state index in [2.05, 4.69) is 20.5 Å². The van der Waals surface area contributed by atoms with Crippen molar-refractivity contribution in [1.82, 2.24) is 30.0 Å². The van der Waals surface area contributed by atoms with E-state index in [4.69, 9.17) is 16.3 Å². The summed E-state index contributed by atoms with van der Waals surface area (Å²) in [6, 6.07) is 4.16. The Morgan fingerprint density at radius 1 is 1.26 bits per heavy atom. The molecule has 3 aromatic rings. The van der Waals surface area contributed by atoms with Gasteiger partial charge in [0.25, 0.3) is 0 Å². The van der Waals surface area contributed by atoms with Crippen LogP contribution in [-0.2, 0) is 22.9 Å². The molecule has 0 aliphatic heterocycles. The van der Waals surface area contributed by atoms with Crippen molar-refractivity contribution in [2.24, 2.45) is 0 Å². The van der Waals surface area contributed by atoms with Crippen LogP contribution in [0.5, 0.6) is 5.88 Å². The molecular weight excluding hydrogens is 396 g/mol. The number of carbonyl (C=O) groups is 1. The van der Waals surface area contributed by atoms with Crippen molar-refractivity contribution in [2.75, 3.05) is 6.26 Å². The number of aromatic nitrogens is 6. The second kappa shape index (κ2) is 7.45. The highest BCUT2D eigenvalue weighted by atomic mass is 35.5. The molecule has 27 heavy (non-hydrogen) atoms. The van der Waals surface area contributed by atoms with Crippen LogP contribution in [0.25, 0.3) is 0 Å². The Labute approximate surface area is 159 Å². The van der Waals surface area contributed by atoms with Crippen molar-refractivity contribution in [3.8, 4) is 5.88 Å². The predicted molar refractivity (Wildman–Crippen MR) is 94.3 cm³/mol. The van der Waals surface area contributed by atoms with E-state index in [0.717, 1.165) is 11.1 Å². The zero-order chi connectivity index (χ0) is 19.6. The monoisotopic (exact) mass is 410 g/mol. The third-order valence-electron chi connectivity index (χ3n) is 3.68. The first-order chi connectivity index (χ1) is 12.8. The summed E-state index contributed by atoms with van der Waals surface area (Å²) < 4.78 is 31.0. The lowest BCUT2D eigenvalue weighted by Crippen LogP contribution is -2.16. The average Bonchev–Trinajstić information content (AvgIpc) is 3.26. The van der Waals surface area contributed by atoms with Crippen LogP contribution in [0.15, 0.2) is 35.6 Å². The van der Waals surface area contributed by atoms with Gasteiger partial charge in [-0.3, -0.25) is 0 Å². The summed E-state index contributed by atoms with van der Waals surface area (Å²) in [6.07, 6.45) is 3.76. The molecule has 0 fully saturated rings. The first kappa shape index (κ1) is 19.0. The summed E-state index contributed by atoms with van der Waals surface area (Å²) in [7, 11) is -3.60. The van der Waals surface area contributed by atoms with Crippen LogP contribution in [0, 0.1) is 0 Å². The largest absolute Gasteiger partial charge is 0.404 e. The summed E-state index contributed by atoms with van der Waals surface area (Å²) in [5.74, 6) is -0.478. The lowest BCUT2D eigenvalue weighted by molar-refractivity contribution is 0.0718. The minimum Gasteiger partial charge on any atom is -0.404 e. The molecule has 0 amide bonds. The third kappa shape index (κ3) is 3.98. The molecule has 0 unspecified atom stereocenters. The van der Waals surface area contributed by atoms with Gasteiger partial charge in [-0.05, 0) is 24.3 Å². The highest BCUT2D eigenvalue weighted by Crippen LogP contribution is 2.29. The molecule has 12 heteroatoms. The molecular formula is C15H15ClN6O4S. The van der Waals surface area contributed by atoms with Gasteiger partial charge in [0.05, 0.1) is 28.2 Å². The Hall–Kier alpha value is -2.79. The molecule has 0 radical (unpaired) electrons. The number of tetrazole rings is 1. The minimum atomic E-state index is -3.60. The van der Waals surface area contributed by atoms with Gasteiger partial charge in [-0.15, -0.1) is 10.2 Å². The van der Waals surface area contributed by atoms with E-state index in [1.807, 2.05) is 6.92 Å². The van der Waals surface area contributed by atoms with E-state index in [-0.39, 0.29) is 33.5 Å². The molecule has 0 bridgehead atoms. The number of benzene rings is 1. The molecule has 0 spiro atoms. The Balaban J connectivity index is 2.02. The maximum absolute atomic E-state index is 12.6. The standard InChI is InChI=1S/C15H15ClN6O4S/c1-3-21-13(6-7-18-21)26-15(23)10-4-5-12(27(2,24)25)11(14(10)16)8-22-19-9-17-20-22/h4-7,9H,3,8H2,1-2H3. The van der Waals surface area contributed by atoms with Crippen molar-refractivity contribution in [3.63, 3.8) is 0 Å². The SMILES string of the molecule is CCn1nccc1OC(=O)c1ccc(S(C)(=O)=O)c(Cn2ncnn2)c1Cl. The van der Waals surface area contributed by atoms with E-state index in [9.17, 15) is 13.2 Å². The summed E-state index contributed by atoms with van der Waals surface area (Å²) in [5, 5.41) is 15.1. The number of hydrogen-bond acceptors (Lipinski definition) is 8. The van der Waals surface area contributed by atoms with Gasteiger partial charge in [-0.25, -0.2) is 17.9 Å². The molecule has 0 saturated heterocycles. The molecule has 0 N–H and O–H groups in total.